The first-order chi connectivity index (χ1) is 13.7. The van der Waals surface area contributed by atoms with Gasteiger partial charge in [-0.25, -0.2) is 0 Å². The smallest absolute Gasteiger partial charge is 0.253 e. The van der Waals surface area contributed by atoms with E-state index in [4.69, 9.17) is 15.2 Å². The lowest BCUT2D eigenvalue weighted by Gasteiger charge is -2.45. The van der Waals surface area contributed by atoms with Gasteiger partial charge in [0.05, 0.1) is 13.7 Å². The summed E-state index contributed by atoms with van der Waals surface area (Å²) in [7, 11) is 1.71. The first-order valence-corrected chi connectivity index (χ1v) is 10.1. The van der Waals surface area contributed by atoms with Gasteiger partial charge in [0.2, 0.25) is 0 Å². The van der Waals surface area contributed by atoms with Crippen LogP contribution in [0.5, 0.6) is 5.75 Å². The molecule has 0 aromatic heterocycles. The van der Waals surface area contributed by atoms with Crippen LogP contribution in [0.25, 0.3) is 0 Å². The maximum atomic E-state index is 12.9. The van der Waals surface area contributed by atoms with Gasteiger partial charge in [0, 0.05) is 24.2 Å². The zero-order chi connectivity index (χ0) is 19.6. The molecule has 148 valence electrons. The summed E-state index contributed by atoms with van der Waals surface area (Å²) in [6, 6.07) is 14.0. The van der Waals surface area contributed by atoms with Gasteiger partial charge >= 0.3 is 0 Å². The number of hydrogen-bond donors (Lipinski definition) is 1. The second-order valence-corrected chi connectivity index (χ2v) is 7.61. The highest BCUT2D eigenvalue weighted by atomic mass is 16.5. The Morgan fingerprint density at radius 1 is 1.18 bits per heavy atom. The Morgan fingerprint density at radius 3 is 2.61 bits per heavy atom. The van der Waals surface area contributed by atoms with Crippen LogP contribution in [0.1, 0.15) is 39.9 Å². The third-order valence-electron chi connectivity index (χ3n) is 6.03. The maximum absolute atomic E-state index is 12.9. The molecule has 1 amide bonds. The average molecular weight is 380 g/mol. The second kappa shape index (κ2) is 7.94. The summed E-state index contributed by atoms with van der Waals surface area (Å²) < 4.78 is 12.0. The molecule has 1 saturated heterocycles. The Balaban J connectivity index is 1.50. The van der Waals surface area contributed by atoms with E-state index < -0.39 is 0 Å². The van der Waals surface area contributed by atoms with E-state index in [9.17, 15) is 4.79 Å². The Bertz CT molecular complexity index is 825. The molecule has 2 aliphatic heterocycles. The molecule has 2 N–H and O–H groups in total. The fourth-order valence-electron chi connectivity index (χ4n) is 4.53. The van der Waals surface area contributed by atoms with E-state index in [-0.39, 0.29) is 11.5 Å². The van der Waals surface area contributed by atoms with Crippen molar-refractivity contribution < 1.29 is 14.3 Å². The van der Waals surface area contributed by atoms with Gasteiger partial charge in [0.1, 0.15) is 11.4 Å². The number of carbonyl (C=O) groups is 1. The summed E-state index contributed by atoms with van der Waals surface area (Å²) >= 11 is 0. The number of hydrogen-bond acceptors (Lipinski definition) is 4. The highest BCUT2D eigenvalue weighted by Crippen LogP contribution is 2.45. The average Bonchev–Trinajstić information content (AvgIpc) is 2.74. The molecular weight excluding hydrogens is 352 g/mol. The number of nitrogens with two attached hydrogens (primary N) is 1. The van der Waals surface area contributed by atoms with Crippen LogP contribution in [0.3, 0.4) is 0 Å². The maximum Gasteiger partial charge on any atom is 0.253 e. The number of piperidine rings is 1. The second-order valence-electron chi connectivity index (χ2n) is 7.61. The number of amides is 1. The number of ether oxygens (including phenoxy) is 2. The lowest BCUT2D eigenvalue weighted by molar-refractivity contribution is -0.0946. The summed E-state index contributed by atoms with van der Waals surface area (Å²) in [4.78, 5) is 14.9. The normalized spacial score (nSPS) is 18.0. The van der Waals surface area contributed by atoms with Gasteiger partial charge < -0.3 is 20.1 Å². The quantitative estimate of drug-likeness (QED) is 0.886. The molecule has 2 aromatic carbocycles. The molecular formula is C23H28N2O3. The number of likely N-dealkylation sites (tertiary alicyclic amines) is 1. The third-order valence-corrected chi connectivity index (χ3v) is 6.03. The summed E-state index contributed by atoms with van der Waals surface area (Å²) in [5, 5.41) is 0. The molecule has 5 heteroatoms. The number of carbonyl (C=O) groups excluding carboxylic acids is 1. The Hall–Kier alpha value is -2.37. The van der Waals surface area contributed by atoms with E-state index in [0.29, 0.717) is 19.6 Å². The minimum absolute atomic E-state index is 0.0882. The Labute approximate surface area is 166 Å². The number of rotatable bonds is 4. The van der Waals surface area contributed by atoms with Crippen LogP contribution in [0.4, 0.5) is 0 Å². The fraction of sp³-hybridized carbons (Fsp3) is 0.435. The molecule has 1 fully saturated rings. The van der Waals surface area contributed by atoms with Gasteiger partial charge in [-0.2, -0.15) is 0 Å². The van der Waals surface area contributed by atoms with Crippen molar-refractivity contribution in [1.82, 2.24) is 4.90 Å². The number of benzene rings is 2. The largest absolute Gasteiger partial charge is 0.496 e. The fourth-order valence-corrected chi connectivity index (χ4v) is 4.53. The summed E-state index contributed by atoms with van der Waals surface area (Å²) in [5.41, 5.74) is 9.64. The van der Waals surface area contributed by atoms with Crippen LogP contribution in [0.2, 0.25) is 0 Å². The summed E-state index contributed by atoms with van der Waals surface area (Å²) in [6.45, 7) is 2.70. The van der Waals surface area contributed by atoms with E-state index in [1.165, 1.54) is 11.1 Å². The minimum Gasteiger partial charge on any atom is -0.496 e. The molecule has 0 radical (unpaired) electrons. The van der Waals surface area contributed by atoms with Gasteiger partial charge in [-0.3, -0.25) is 4.79 Å². The minimum atomic E-state index is -0.345. The molecule has 2 aliphatic rings. The van der Waals surface area contributed by atoms with Gasteiger partial charge in [-0.15, -0.1) is 0 Å². The number of methoxy groups -OCH3 is 1. The number of nitrogens with zero attached hydrogens (tertiary/aromatic N) is 1. The van der Waals surface area contributed by atoms with Crippen molar-refractivity contribution in [2.45, 2.75) is 31.3 Å². The van der Waals surface area contributed by atoms with Gasteiger partial charge in [0.15, 0.2) is 0 Å². The zero-order valence-corrected chi connectivity index (χ0v) is 16.4. The van der Waals surface area contributed by atoms with Crippen molar-refractivity contribution in [3.8, 4) is 5.75 Å². The lowest BCUT2D eigenvalue weighted by Crippen LogP contribution is -2.48. The predicted octanol–water partition coefficient (Wildman–Crippen LogP) is 2.90. The van der Waals surface area contributed by atoms with E-state index in [1.54, 1.807) is 7.11 Å². The molecule has 1 spiro atoms. The molecule has 2 aromatic rings. The molecule has 0 atom stereocenters. The first-order valence-electron chi connectivity index (χ1n) is 10.1. The lowest BCUT2D eigenvalue weighted by atomic mass is 9.78. The van der Waals surface area contributed by atoms with Gasteiger partial charge in [0.25, 0.3) is 5.91 Å². The van der Waals surface area contributed by atoms with E-state index in [0.717, 1.165) is 49.2 Å². The van der Waals surface area contributed by atoms with Crippen molar-refractivity contribution in [3.63, 3.8) is 0 Å². The van der Waals surface area contributed by atoms with Crippen LogP contribution in [-0.2, 0) is 23.2 Å². The van der Waals surface area contributed by atoms with Gasteiger partial charge in [-0.05, 0) is 61.6 Å². The molecule has 2 heterocycles. The molecule has 0 aliphatic carbocycles. The van der Waals surface area contributed by atoms with Crippen molar-refractivity contribution in [1.29, 1.82) is 0 Å². The van der Waals surface area contributed by atoms with E-state index in [1.807, 2.05) is 41.3 Å². The Kier molecular flexibility index (Phi) is 5.38. The van der Waals surface area contributed by atoms with Crippen molar-refractivity contribution in [2.24, 2.45) is 5.73 Å². The molecule has 0 unspecified atom stereocenters. The summed E-state index contributed by atoms with van der Waals surface area (Å²) in [5.74, 6) is 0.984. The molecule has 28 heavy (non-hydrogen) atoms. The highest BCUT2D eigenvalue weighted by molar-refractivity contribution is 5.94. The van der Waals surface area contributed by atoms with Crippen LogP contribution in [0, 0.1) is 0 Å². The molecule has 5 nitrogen and oxygen atoms in total. The first kappa shape index (κ1) is 19.0. The van der Waals surface area contributed by atoms with Gasteiger partial charge in [-0.1, -0.05) is 24.3 Å². The zero-order valence-electron chi connectivity index (χ0n) is 16.4. The topological polar surface area (TPSA) is 64.8 Å². The highest BCUT2D eigenvalue weighted by Gasteiger charge is 2.43. The molecule has 4 rings (SSSR count). The van der Waals surface area contributed by atoms with Crippen LogP contribution in [0.15, 0.2) is 42.5 Å². The monoisotopic (exact) mass is 380 g/mol. The number of fused-ring (bicyclic) bond motifs is 2. The predicted molar refractivity (Wildman–Crippen MR) is 109 cm³/mol. The Morgan fingerprint density at radius 2 is 1.93 bits per heavy atom. The van der Waals surface area contributed by atoms with E-state index in [2.05, 4.69) is 6.07 Å². The van der Waals surface area contributed by atoms with Crippen molar-refractivity contribution in [2.75, 3.05) is 33.4 Å². The van der Waals surface area contributed by atoms with Crippen LogP contribution in [-0.4, -0.2) is 44.2 Å². The van der Waals surface area contributed by atoms with E-state index >= 15 is 0 Å². The summed E-state index contributed by atoms with van der Waals surface area (Å²) in [6.07, 6.45) is 3.32. The van der Waals surface area contributed by atoms with Crippen LogP contribution >= 0.6 is 0 Å². The SMILES string of the molecule is COc1cccc2c1C1(CCN(C(=O)c3ccc(CCN)cc3)CC1)OCC2. The standard InChI is InChI=1S/C23H28N2O3/c1-27-20-4-2-3-18-10-16-28-23(21(18)20)11-14-25(15-12-23)22(26)19-7-5-17(6-8-19)9-13-24/h2-8H,9-16,24H2,1H3. The third kappa shape index (κ3) is 3.40. The van der Waals surface area contributed by atoms with Crippen LogP contribution < -0.4 is 10.5 Å². The molecule has 0 saturated carbocycles. The van der Waals surface area contributed by atoms with Crippen molar-refractivity contribution >= 4 is 5.91 Å². The van der Waals surface area contributed by atoms with Crippen molar-refractivity contribution in [3.05, 3.63) is 64.7 Å². The molecule has 0 bridgehead atoms.